The minimum absolute atomic E-state index is 0.103. The van der Waals surface area contributed by atoms with Crippen LogP contribution < -0.4 is 5.32 Å². The van der Waals surface area contributed by atoms with Crippen molar-refractivity contribution >= 4 is 5.91 Å². The Hall–Kier alpha value is -2.07. The number of carbonyl (C=O) groups is 1. The van der Waals surface area contributed by atoms with Crippen LogP contribution in [0.4, 0.5) is 0 Å². The molecule has 1 aliphatic heterocycles. The van der Waals surface area contributed by atoms with Crippen LogP contribution in [-0.4, -0.2) is 42.0 Å². The number of H-pyrrole nitrogens is 1. The Morgan fingerprint density at radius 1 is 1.14 bits per heavy atom. The van der Waals surface area contributed by atoms with Crippen LogP contribution in [0.15, 0.2) is 42.5 Å². The predicted molar refractivity (Wildman–Crippen MR) is 84.2 cm³/mol. The maximum absolute atomic E-state index is 12.5. The second-order valence-corrected chi connectivity index (χ2v) is 5.51. The van der Waals surface area contributed by atoms with Crippen molar-refractivity contribution in [3.63, 3.8) is 0 Å². The Morgan fingerprint density at radius 2 is 1.86 bits per heavy atom. The zero-order chi connectivity index (χ0) is 14.7. The lowest BCUT2D eigenvalue weighted by atomic mass is 10.1. The molecule has 2 heterocycles. The van der Waals surface area contributed by atoms with Gasteiger partial charge in [-0.25, -0.2) is 0 Å². The van der Waals surface area contributed by atoms with E-state index >= 15 is 0 Å². The van der Waals surface area contributed by atoms with Crippen LogP contribution in [0.1, 0.15) is 23.3 Å². The lowest BCUT2D eigenvalue weighted by Gasteiger charge is -2.31. The van der Waals surface area contributed by atoms with Crippen LogP contribution in [-0.2, 0) is 0 Å². The lowest BCUT2D eigenvalue weighted by molar-refractivity contribution is 0.0702. The third-order valence-corrected chi connectivity index (χ3v) is 4.19. The number of carbonyl (C=O) groups excluding carboxylic acids is 1. The number of nitrogens with zero attached hydrogens (tertiary/aromatic N) is 1. The number of aromatic amines is 1. The molecule has 21 heavy (non-hydrogen) atoms. The zero-order valence-corrected chi connectivity index (χ0v) is 12.3. The van der Waals surface area contributed by atoms with E-state index in [2.05, 4.69) is 10.3 Å². The van der Waals surface area contributed by atoms with E-state index in [1.165, 1.54) is 0 Å². The Bertz CT molecular complexity index is 598. The van der Waals surface area contributed by atoms with Crippen molar-refractivity contribution in [2.45, 2.75) is 18.9 Å². The summed E-state index contributed by atoms with van der Waals surface area (Å²) in [5.41, 5.74) is 2.77. The van der Waals surface area contributed by atoms with Gasteiger partial charge in [0.15, 0.2) is 0 Å². The van der Waals surface area contributed by atoms with Crippen molar-refractivity contribution in [3.8, 4) is 11.3 Å². The minimum atomic E-state index is 0.103. The Balaban J connectivity index is 1.70. The molecule has 1 aliphatic rings. The summed E-state index contributed by atoms with van der Waals surface area (Å²) in [6.07, 6.45) is 2.04. The van der Waals surface area contributed by atoms with Crippen LogP contribution in [0.2, 0.25) is 0 Å². The molecule has 4 nitrogen and oxygen atoms in total. The first-order valence-corrected chi connectivity index (χ1v) is 7.49. The molecule has 1 fully saturated rings. The third-order valence-electron chi connectivity index (χ3n) is 4.19. The van der Waals surface area contributed by atoms with Crippen molar-refractivity contribution in [1.82, 2.24) is 15.2 Å². The molecule has 4 heteroatoms. The molecule has 2 aromatic rings. The summed E-state index contributed by atoms with van der Waals surface area (Å²) in [7, 11) is 1.99. The smallest absolute Gasteiger partial charge is 0.270 e. The SMILES string of the molecule is CNC1CCN(C(=O)c2ccc(-c3ccccc3)[nH]2)CC1. The van der Waals surface area contributed by atoms with E-state index in [9.17, 15) is 4.79 Å². The maximum Gasteiger partial charge on any atom is 0.270 e. The average Bonchev–Trinajstić information content (AvgIpc) is 3.05. The van der Waals surface area contributed by atoms with Gasteiger partial charge in [-0.2, -0.15) is 0 Å². The zero-order valence-electron chi connectivity index (χ0n) is 12.3. The van der Waals surface area contributed by atoms with Gasteiger partial charge in [-0.3, -0.25) is 4.79 Å². The quantitative estimate of drug-likeness (QED) is 0.909. The molecule has 0 radical (unpaired) electrons. The molecule has 0 spiro atoms. The van der Waals surface area contributed by atoms with E-state index in [4.69, 9.17) is 0 Å². The molecule has 1 saturated heterocycles. The summed E-state index contributed by atoms with van der Waals surface area (Å²) >= 11 is 0. The van der Waals surface area contributed by atoms with E-state index in [1.807, 2.05) is 54.4 Å². The monoisotopic (exact) mass is 283 g/mol. The summed E-state index contributed by atoms with van der Waals surface area (Å²) in [5.74, 6) is 0.103. The molecule has 3 rings (SSSR count). The summed E-state index contributed by atoms with van der Waals surface area (Å²) in [6.45, 7) is 1.65. The van der Waals surface area contributed by atoms with E-state index in [0.29, 0.717) is 11.7 Å². The first-order chi connectivity index (χ1) is 10.3. The van der Waals surface area contributed by atoms with Crippen molar-refractivity contribution in [3.05, 3.63) is 48.2 Å². The minimum Gasteiger partial charge on any atom is -0.351 e. The molecule has 0 unspecified atom stereocenters. The van der Waals surface area contributed by atoms with E-state index in [1.54, 1.807) is 0 Å². The van der Waals surface area contributed by atoms with Gasteiger partial charge in [-0.1, -0.05) is 30.3 Å². The second kappa shape index (κ2) is 6.14. The van der Waals surface area contributed by atoms with Crippen molar-refractivity contribution in [1.29, 1.82) is 0 Å². The number of amides is 1. The fourth-order valence-electron chi connectivity index (χ4n) is 2.85. The molecule has 0 atom stereocenters. The van der Waals surface area contributed by atoms with Crippen LogP contribution in [0, 0.1) is 0 Å². The van der Waals surface area contributed by atoms with Crippen molar-refractivity contribution < 1.29 is 4.79 Å². The van der Waals surface area contributed by atoms with Crippen molar-refractivity contribution in [2.24, 2.45) is 0 Å². The Kier molecular flexibility index (Phi) is 4.06. The number of aromatic nitrogens is 1. The third kappa shape index (κ3) is 3.00. The van der Waals surface area contributed by atoms with Gasteiger partial charge in [0.25, 0.3) is 5.91 Å². The summed E-state index contributed by atoms with van der Waals surface area (Å²) in [5, 5.41) is 3.28. The molecule has 1 amide bonds. The average molecular weight is 283 g/mol. The number of likely N-dealkylation sites (tertiary alicyclic amines) is 1. The summed E-state index contributed by atoms with van der Waals surface area (Å²) in [4.78, 5) is 17.7. The fraction of sp³-hybridized carbons (Fsp3) is 0.353. The molecule has 1 aromatic heterocycles. The van der Waals surface area contributed by atoms with E-state index in [0.717, 1.165) is 37.2 Å². The largest absolute Gasteiger partial charge is 0.351 e. The number of nitrogens with one attached hydrogen (secondary N) is 2. The van der Waals surface area contributed by atoms with E-state index < -0.39 is 0 Å². The number of hydrogen-bond donors (Lipinski definition) is 2. The molecular weight excluding hydrogens is 262 g/mol. The van der Waals surface area contributed by atoms with Crippen molar-refractivity contribution in [2.75, 3.05) is 20.1 Å². The number of rotatable bonds is 3. The highest BCUT2D eigenvalue weighted by Crippen LogP contribution is 2.20. The molecule has 0 aliphatic carbocycles. The summed E-state index contributed by atoms with van der Waals surface area (Å²) < 4.78 is 0. The Morgan fingerprint density at radius 3 is 2.52 bits per heavy atom. The lowest BCUT2D eigenvalue weighted by Crippen LogP contribution is -2.44. The highest BCUT2D eigenvalue weighted by atomic mass is 16.2. The Labute approximate surface area is 125 Å². The van der Waals surface area contributed by atoms with E-state index in [-0.39, 0.29) is 5.91 Å². The van der Waals surface area contributed by atoms with Gasteiger partial charge < -0.3 is 15.2 Å². The number of piperidine rings is 1. The van der Waals surface area contributed by atoms with Gasteiger partial charge in [0.2, 0.25) is 0 Å². The highest BCUT2D eigenvalue weighted by Gasteiger charge is 2.23. The number of benzene rings is 1. The highest BCUT2D eigenvalue weighted by molar-refractivity contribution is 5.93. The van der Waals surface area contributed by atoms with Gasteiger partial charge >= 0.3 is 0 Å². The second-order valence-electron chi connectivity index (χ2n) is 5.51. The number of hydrogen-bond acceptors (Lipinski definition) is 2. The molecular formula is C17H21N3O. The molecule has 0 saturated carbocycles. The topological polar surface area (TPSA) is 48.1 Å². The van der Waals surface area contributed by atoms with Crippen LogP contribution >= 0.6 is 0 Å². The van der Waals surface area contributed by atoms with Crippen LogP contribution in [0.25, 0.3) is 11.3 Å². The van der Waals surface area contributed by atoms with Gasteiger partial charge in [0.05, 0.1) is 0 Å². The first kappa shape index (κ1) is 13.9. The van der Waals surface area contributed by atoms with Crippen LogP contribution in [0.5, 0.6) is 0 Å². The fourth-order valence-corrected chi connectivity index (χ4v) is 2.85. The molecule has 0 bridgehead atoms. The summed E-state index contributed by atoms with van der Waals surface area (Å²) in [6, 6.07) is 14.5. The molecule has 2 N–H and O–H groups in total. The normalized spacial score (nSPS) is 16.1. The standard InChI is InChI=1S/C17H21N3O/c1-18-14-9-11-20(12-10-14)17(21)16-8-7-15(19-16)13-5-3-2-4-6-13/h2-8,14,18-19H,9-12H2,1H3. The maximum atomic E-state index is 12.5. The van der Waals surface area contributed by atoms with Crippen LogP contribution in [0.3, 0.4) is 0 Å². The predicted octanol–water partition coefficient (Wildman–Crippen LogP) is 2.51. The van der Waals surface area contributed by atoms with Gasteiger partial charge in [-0.15, -0.1) is 0 Å². The van der Waals surface area contributed by atoms with Gasteiger partial charge in [-0.05, 0) is 37.6 Å². The molecule has 110 valence electrons. The molecule has 1 aromatic carbocycles. The first-order valence-electron chi connectivity index (χ1n) is 7.49. The van der Waals surface area contributed by atoms with Gasteiger partial charge in [0.1, 0.15) is 5.69 Å². The van der Waals surface area contributed by atoms with Gasteiger partial charge in [0, 0.05) is 24.8 Å².